The van der Waals surface area contributed by atoms with Crippen LogP contribution in [0.1, 0.15) is 51.4 Å². The standard InChI is InChI=1S/C21H19N5O5/c1-30-21-15(9-10-16(22-21)24-11-5-2-6-12-24)31-25-18-17(23-26(25)29)19(27)13-7-3-4-8-14(13)20(18)28/h3-4,7-10H,2,5-6,11-12H2,1H3. The van der Waals surface area contributed by atoms with E-state index in [-0.39, 0.29) is 39.1 Å². The molecule has 10 heteroatoms. The molecular formula is C21H19N5O5. The molecular weight excluding hydrogens is 402 g/mol. The third-order valence-corrected chi connectivity index (χ3v) is 5.47. The maximum atomic E-state index is 13.0. The van der Waals surface area contributed by atoms with E-state index in [0.717, 1.165) is 31.7 Å². The van der Waals surface area contributed by atoms with Gasteiger partial charge in [0.05, 0.1) is 16.9 Å². The van der Waals surface area contributed by atoms with Crippen LogP contribution in [0.3, 0.4) is 0 Å². The van der Waals surface area contributed by atoms with Crippen LogP contribution in [-0.2, 0) is 0 Å². The Kier molecular flexibility index (Phi) is 4.54. The largest absolute Gasteiger partial charge is 0.568 e. The molecule has 0 N–H and O–H groups in total. The number of nitrogens with zero attached hydrogens (tertiary/aromatic N) is 5. The molecule has 31 heavy (non-hydrogen) atoms. The van der Waals surface area contributed by atoms with Crippen molar-refractivity contribution in [3.8, 4) is 11.6 Å². The molecule has 10 nitrogen and oxygen atoms in total. The van der Waals surface area contributed by atoms with Crippen molar-refractivity contribution < 1.29 is 24.1 Å². The fourth-order valence-corrected chi connectivity index (χ4v) is 3.94. The first kappa shape index (κ1) is 19.0. The highest BCUT2D eigenvalue weighted by atomic mass is 16.7. The zero-order valence-corrected chi connectivity index (χ0v) is 16.8. The predicted octanol–water partition coefficient (Wildman–Crippen LogP) is 1.53. The molecule has 158 valence electrons. The predicted molar refractivity (Wildman–Crippen MR) is 107 cm³/mol. The Labute approximate surface area is 177 Å². The van der Waals surface area contributed by atoms with E-state index in [1.807, 2.05) is 0 Å². The lowest BCUT2D eigenvalue weighted by Gasteiger charge is -2.28. The number of benzene rings is 1. The van der Waals surface area contributed by atoms with Crippen molar-refractivity contribution in [3.63, 3.8) is 0 Å². The van der Waals surface area contributed by atoms with Gasteiger partial charge in [-0.25, -0.2) is 0 Å². The number of hydrogen-bond acceptors (Lipinski definition) is 8. The van der Waals surface area contributed by atoms with Gasteiger partial charge in [0.2, 0.25) is 28.7 Å². The minimum atomic E-state index is -0.524. The van der Waals surface area contributed by atoms with Crippen LogP contribution in [0.15, 0.2) is 36.4 Å². The molecule has 0 atom stereocenters. The van der Waals surface area contributed by atoms with E-state index in [4.69, 9.17) is 9.57 Å². The smallest absolute Gasteiger partial charge is 0.262 e. The molecule has 0 unspecified atom stereocenters. The fraction of sp³-hybridized carbons (Fsp3) is 0.286. The second-order valence-corrected chi connectivity index (χ2v) is 7.34. The van der Waals surface area contributed by atoms with Crippen molar-refractivity contribution in [1.82, 2.24) is 14.9 Å². The highest BCUT2D eigenvalue weighted by Crippen LogP contribution is 2.31. The molecule has 1 fully saturated rings. The van der Waals surface area contributed by atoms with Crippen LogP contribution in [-0.4, -0.2) is 46.7 Å². The fourth-order valence-electron chi connectivity index (χ4n) is 3.94. The zero-order valence-electron chi connectivity index (χ0n) is 16.8. The minimum Gasteiger partial charge on any atom is -0.568 e. The van der Waals surface area contributed by atoms with Gasteiger partial charge in [-0.2, -0.15) is 4.98 Å². The number of pyridine rings is 1. The van der Waals surface area contributed by atoms with Crippen molar-refractivity contribution in [3.05, 3.63) is 64.1 Å². The Morgan fingerprint density at radius 2 is 1.71 bits per heavy atom. The molecule has 0 bridgehead atoms. The molecule has 0 saturated carbocycles. The zero-order chi connectivity index (χ0) is 21.5. The number of hydrogen-bond donors (Lipinski definition) is 0. The molecule has 0 spiro atoms. The van der Waals surface area contributed by atoms with Crippen molar-refractivity contribution in [2.75, 3.05) is 25.1 Å². The molecule has 1 aliphatic carbocycles. The van der Waals surface area contributed by atoms with Crippen LogP contribution in [0.25, 0.3) is 0 Å². The lowest BCUT2D eigenvalue weighted by molar-refractivity contribution is -0.771. The van der Waals surface area contributed by atoms with E-state index >= 15 is 0 Å². The number of carbonyl (C=O) groups is 2. The van der Waals surface area contributed by atoms with Crippen LogP contribution in [0.4, 0.5) is 5.82 Å². The molecule has 0 amide bonds. The molecule has 1 aliphatic heterocycles. The SMILES string of the molecule is COc1nc(N2CCCCC2)ccc1On1c2c(n[n+]1[O-])C(=O)c1ccccc1C2=O. The highest BCUT2D eigenvalue weighted by molar-refractivity contribution is 6.26. The van der Waals surface area contributed by atoms with E-state index < -0.39 is 11.6 Å². The van der Waals surface area contributed by atoms with Gasteiger partial charge in [-0.1, -0.05) is 24.3 Å². The van der Waals surface area contributed by atoms with E-state index in [1.54, 1.807) is 24.3 Å². The summed E-state index contributed by atoms with van der Waals surface area (Å²) < 4.78 is 5.35. The maximum absolute atomic E-state index is 13.0. The van der Waals surface area contributed by atoms with Crippen molar-refractivity contribution >= 4 is 17.4 Å². The number of carbonyl (C=O) groups excluding carboxylic acids is 2. The Morgan fingerprint density at radius 3 is 2.42 bits per heavy atom. The lowest BCUT2D eigenvalue weighted by Crippen LogP contribution is -2.43. The van der Waals surface area contributed by atoms with Crippen LogP contribution in [0.5, 0.6) is 11.6 Å². The van der Waals surface area contributed by atoms with Gasteiger partial charge in [-0.05, 0) is 31.4 Å². The van der Waals surface area contributed by atoms with Gasteiger partial charge in [0.1, 0.15) is 5.82 Å². The van der Waals surface area contributed by atoms with E-state index in [0.29, 0.717) is 4.85 Å². The number of rotatable bonds is 4. The molecule has 0 radical (unpaired) electrons. The summed E-state index contributed by atoms with van der Waals surface area (Å²) in [6, 6.07) is 9.73. The average Bonchev–Trinajstić information content (AvgIpc) is 3.14. The summed E-state index contributed by atoms with van der Waals surface area (Å²) in [5.41, 5.74) is -0.0947. The van der Waals surface area contributed by atoms with Gasteiger partial charge in [0.25, 0.3) is 5.88 Å². The Hall–Kier alpha value is -3.95. The number of ether oxygens (including phenoxy) is 1. The summed E-state index contributed by atoms with van der Waals surface area (Å²) in [4.78, 5) is 38.8. The molecule has 5 rings (SSSR count). The first-order valence-electron chi connectivity index (χ1n) is 9.98. The summed E-state index contributed by atoms with van der Waals surface area (Å²) in [5, 5.41) is 16.1. The van der Waals surface area contributed by atoms with Gasteiger partial charge >= 0.3 is 0 Å². The van der Waals surface area contributed by atoms with E-state index in [1.165, 1.54) is 25.7 Å². The van der Waals surface area contributed by atoms with E-state index in [2.05, 4.69) is 15.0 Å². The van der Waals surface area contributed by atoms with Crippen LogP contribution >= 0.6 is 0 Å². The Bertz CT molecular complexity index is 1200. The first-order valence-corrected chi connectivity index (χ1v) is 9.98. The van der Waals surface area contributed by atoms with Gasteiger partial charge < -0.3 is 19.7 Å². The maximum Gasteiger partial charge on any atom is 0.262 e. The lowest BCUT2D eigenvalue weighted by atomic mass is 9.90. The van der Waals surface area contributed by atoms with Gasteiger partial charge in [0.15, 0.2) is 0 Å². The van der Waals surface area contributed by atoms with Crippen LogP contribution in [0.2, 0.25) is 0 Å². The van der Waals surface area contributed by atoms with Gasteiger partial charge in [0, 0.05) is 29.3 Å². The topological polar surface area (TPSA) is 113 Å². The normalized spacial score (nSPS) is 15.5. The minimum absolute atomic E-state index is 0.0737. The number of ketones is 2. The van der Waals surface area contributed by atoms with Gasteiger partial charge in [-0.3, -0.25) is 9.59 Å². The molecule has 2 aliphatic rings. The van der Waals surface area contributed by atoms with Gasteiger partial charge in [-0.15, -0.1) is 0 Å². The second-order valence-electron chi connectivity index (χ2n) is 7.34. The molecule has 3 heterocycles. The Morgan fingerprint density at radius 1 is 1.00 bits per heavy atom. The number of aromatic nitrogens is 4. The first-order chi connectivity index (χ1) is 15.1. The summed E-state index contributed by atoms with van der Waals surface area (Å²) >= 11 is 0. The number of piperidine rings is 1. The monoisotopic (exact) mass is 421 g/mol. The summed E-state index contributed by atoms with van der Waals surface area (Å²) in [6.45, 7) is 1.81. The average molecular weight is 421 g/mol. The highest BCUT2D eigenvalue weighted by Gasteiger charge is 2.41. The number of anilines is 1. The molecule has 1 saturated heterocycles. The molecule has 2 aromatic heterocycles. The van der Waals surface area contributed by atoms with Crippen molar-refractivity contribution in [2.45, 2.75) is 19.3 Å². The number of fused-ring (bicyclic) bond motifs is 2. The third-order valence-electron chi connectivity index (χ3n) is 5.47. The number of methoxy groups -OCH3 is 1. The van der Waals surface area contributed by atoms with E-state index in [9.17, 15) is 14.8 Å². The van der Waals surface area contributed by atoms with Crippen LogP contribution < -0.4 is 19.4 Å². The summed E-state index contributed by atoms with van der Waals surface area (Å²) in [5.74, 6) is -0.0220. The quantitative estimate of drug-likeness (QED) is 0.360. The van der Waals surface area contributed by atoms with Crippen molar-refractivity contribution in [2.24, 2.45) is 0 Å². The molecule has 3 aromatic rings. The Balaban J connectivity index is 1.52. The second kappa shape index (κ2) is 7.38. The molecule has 1 aromatic carbocycles. The third kappa shape index (κ3) is 3.07. The van der Waals surface area contributed by atoms with Crippen LogP contribution in [0, 0.1) is 5.21 Å². The summed E-state index contributed by atoms with van der Waals surface area (Å²) in [6.07, 6.45) is 3.38. The van der Waals surface area contributed by atoms with Crippen molar-refractivity contribution in [1.29, 1.82) is 0 Å². The summed E-state index contributed by atoms with van der Waals surface area (Å²) in [7, 11) is 1.44.